The van der Waals surface area contributed by atoms with Gasteiger partial charge in [0.05, 0.1) is 0 Å². The minimum absolute atomic E-state index is 0.683. The standard InChI is InChI=1S/C14H31N3/c1-5-9-15-13(2)7-6-10-17-11-8-14(12-17)16(3)4/h13-15H,5-12H2,1-4H3. The van der Waals surface area contributed by atoms with Crippen LogP contribution < -0.4 is 5.32 Å². The molecule has 0 aromatic carbocycles. The maximum absolute atomic E-state index is 3.56. The van der Waals surface area contributed by atoms with Gasteiger partial charge in [-0.2, -0.15) is 0 Å². The zero-order chi connectivity index (χ0) is 12.7. The zero-order valence-electron chi connectivity index (χ0n) is 12.2. The lowest BCUT2D eigenvalue weighted by molar-refractivity contribution is 0.263. The first-order valence-electron chi connectivity index (χ1n) is 7.25. The van der Waals surface area contributed by atoms with Crippen molar-refractivity contribution in [3.05, 3.63) is 0 Å². The van der Waals surface area contributed by atoms with Crippen molar-refractivity contribution in [1.29, 1.82) is 0 Å². The molecular weight excluding hydrogens is 210 g/mol. The summed E-state index contributed by atoms with van der Waals surface area (Å²) >= 11 is 0. The fourth-order valence-corrected chi connectivity index (χ4v) is 2.55. The van der Waals surface area contributed by atoms with E-state index in [0.717, 1.165) is 12.6 Å². The molecule has 0 amide bonds. The van der Waals surface area contributed by atoms with E-state index in [1.165, 1.54) is 45.3 Å². The molecule has 102 valence electrons. The molecule has 1 heterocycles. The van der Waals surface area contributed by atoms with Gasteiger partial charge < -0.3 is 15.1 Å². The van der Waals surface area contributed by atoms with Gasteiger partial charge in [0.15, 0.2) is 0 Å². The molecule has 0 saturated carbocycles. The van der Waals surface area contributed by atoms with E-state index in [1.54, 1.807) is 0 Å². The molecule has 2 unspecified atom stereocenters. The fourth-order valence-electron chi connectivity index (χ4n) is 2.55. The highest BCUT2D eigenvalue weighted by molar-refractivity contribution is 4.80. The molecule has 0 bridgehead atoms. The van der Waals surface area contributed by atoms with Crippen molar-refractivity contribution in [2.75, 3.05) is 40.3 Å². The topological polar surface area (TPSA) is 18.5 Å². The Morgan fingerprint density at radius 1 is 1.41 bits per heavy atom. The summed E-state index contributed by atoms with van der Waals surface area (Å²) in [5, 5.41) is 3.56. The van der Waals surface area contributed by atoms with Crippen LogP contribution in [0.3, 0.4) is 0 Å². The van der Waals surface area contributed by atoms with Gasteiger partial charge in [-0.25, -0.2) is 0 Å². The first-order valence-corrected chi connectivity index (χ1v) is 7.25. The third kappa shape index (κ3) is 5.84. The molecule has 17 heavy (non-hydrogen) atoms. The van der Waals surface area contributed by atoms with E-state index in [-0.39, 0.29) is 0 Å². The molecular formula is C14H31N3. The van der Waals surface area contributed by atoms with Gasteiger partial charge in [-0.05, 0) is 66.3 Å². The molecule has 2 atom stereocenters. The Labute approximate surface area is 108 Å². The Kier molecular flexibility index (Phi) is 7.09. The summed E-state index contributed by atoms with van der Waals surface area (Å²) in [7, 11) is 4.40. The van der Waals surface area contributed by atoms with Crippen LogP contribution in [0.1, 0.15) is 39.5 Å². The van der Waals surface area contributed by atoms with E-state index in [1.807, 2.05) is 0 Å². The molecule has 1 N–H and O–H groups in total. The summed E-state index contributed by atoms with van der Waals surface area (Å²) in [6.45, 7) is 9.53. The molecule has 1 saturated heterocycles. The highest BCUT2D eigenvalue weighted by Gasteiger charge is 2.23. The van der Waals surface area contributed by atoms with Crippen LogP contribution in [0.5, 0.6) is 0 Å². The van der Waals surface area contributed by atoms with E-state index in [9.17, 15) is 0 Å². The highest BCUT2D eigenvalue weighted by atomic mass is 15.2. The minimum Gasteiger partial charge on any atom is -0.314 e. The normalized spacial score (nSPS) is 23.5. The van der Waals surface area contributed by atoms with Crippen molar-refractivity contribution in [3.8, 4) is 0 Å². The molecule has 0 aliphatic carbocycles. The van der Waals surface area contributed by atoms with E-state index in [0.29, 0.717) is 6.04 Å². The lowest BCUT2D eigenvalue weighted by atomic mass is 10.1. The number of nitrogens with zero attached hydrogens (tertiary/aromatic N) is 2. The predicted molar refractivity (Wildman–Crippen MR) is 75.5 cm³/mol. The van der Waals surface area contributed by atoms with Crippen molar-refractivity contribution in [3.63, 3.8) is 0 Å². The summed E-state index contributed by atoms with van der Waals surface area (Å²) < 4.78 is 0. The number of likely N-dealkylation sites (N-methyl/N-ethyl adjacent to an activating group) is 1. The third-order valence-electron chi connectivity index (χ3n) is 3.83. The molecule has 1 aliphatic heterocycles. The van der Waals surface area contributed by atoms with Gasteiger partial charge in [-0.1, -0.05) is 6.92 Å². The molecule has 0 aromatic heterocycles. The monoisotopic (exact) mass is 241 g/mol. The molecule has 1 aliphatic rings. The van der Waals surface area contributed by atoms with Crippen LogP contribution in [-0.4, -0.2) is 62.2 Å². The average molecular weight is 241 g/mol. The second kappa shape index (κ2) is 8.06. The lowest BCUT2D eigenvalue weighted by Gasteiger charge is -2.21. The molecule has 3 heteroatoms. The maximum Gasteiger partial charge on any atom is 0.0229 e. The van der Waals surface area contributed by atoms with Crippen molar-refractivity contribution in [2.24, 2.45) is 0 Å². The average Bonchev–Trinajstić information content (AvgIpc) is 2.75. The lowest BCUT2D eigenvalue weighted by Crippen LogP contribution is -2.32. The van der Waals surface area contributed by atoms with Crippen LogP contribution in [0, 0.1) is 0 Å². The first kappa shape index (κ1) is 14.9. The Morgan fingerprint density at radius 2 is 2.18 bits per heavy atom. The van der Waals surface area contributed by atoms with E-state index < -0.39 is 0 Å². The van der Waals surface area contributed by atoms with Crippen molar-refractivity contribution >= 4 is 0 Å². The Bertz CT molecular complexity index is 194. The Morgan fingerprint density at radius 3 is 2.76 bits per heavy atom. The van der Waals surface area contributed by atoms with Gasteiger partial charge in [-0.3, -0.25) is 0 Å². The summed E-state index contributed by atoms with van der Waals surface area (Å²) in [4.78, 5) is 4.99. The van der Waals surface area contributed by atoms with Gasteiger partial charge >= 0.3 is 0 Å². The van der Waals surface area contributed by atoms with Crippen LogP contribution in [0.4, 0.5) is 0 Å². The van der Waals surface area contributed by atoms with Gasteiger partial charge in [0.1, 0.15) is 0 Å². The number of likely N-dealkylation sites (tertiary alicyclic amines) is 1. The number of nitrogens with one attached hydrogen (secondary N) is 1. The first-order chi connectivity index (χ1) is 8.13. The van der Waals surface area contributed by atoms with Crippen LogP contribution in [0.25, 0.3) is 0 Å². The van der Waals surface area contributed by atoms with Gasteiger partial charge in [-0.15, -0.1) is 0 Å². The van der Waals surface area contributed by atoms with Gasteiger partial charge in [0.25, 0.3) is 0 Å². The molecule has 0 spiro atoms. The van der Waals surface area contributed by atoms with Crippen molar-refractivity contribution in [1.82, 2.24) is 15.1 Å². The molecule has 0 aromatic rings. The van der Waals surface area contributed by atoms with E-state index in [2.05, 4.69) is 43.1 Å². The summed E-state index contributed by atoms with van der Waals surface area (Å²) in [5.74, 6) is 0. The maximum atomic E-state index is 3.56. The zero-order valence-corrected chi connectivity index (χ0v) is 12.2. The van der Waals surface area contributed by atoms with E-state index in [4.69, 9.17) is 0 Å². The second-order valence-electron chi connectivity index (χ2n) is 5.70. The summed E-state index contributed by atoms with van der Waals surface area (Å²) in [6.07, 6.45) is 5.22. The molecule has 0 radical (unpaired) electrons. The van der Waals surface area contributed by atoms with Crippen LogP contribution in [-0.2, 0) is 0 Å². The summed E-state index contributed by atoms with van der Waals surface area (Å²) in [5.41, 5.74) is 0. The smallest absolute Gasteiger partial charge is 0.0229 e. The van der Waals surface area contributed by atoms with Gasteiger partial charge in [0.2, 0.25) is 0 Å². The SMILES string of the molecule is CCCNC(C)CCCN1CCC(N(C)C)C1. The number of hydrogen-bond acceptors (Lipinski definition) is 3. The molecule has 1 rings (SSSR count). The predicted octanol–water partition coefficient (Wildman–Crippen LogP) is 1.79. The molecule has 3 nitrogen and oxygen atoms in total. The number of hydrogen-bond donors (Lipinski definition) is 1. The Balaban J connectivity index is 2.04. The second-order valence-corrected chi connectivity index (χ2v) is 5.70. The van der Waals surface area contributed by atoms with Crippen molar-refractivity contribution < 1.29 is 0 Å². The number of rotatable bonds is 8. The van der Waals surface area contributed by atoms with Gasteiger partial charge in [0, 0.05) is 18.6 Å². The van der Waals surface area contributed by atoms with E-state index >= 15 is 0 Å². The molecule has 1 fully saturated rings. The largest absolute Gasteiger partial charge is 0.314 e. The summed E-state index contributed by atoms with van der Waals surface area (Å²) in [6, 6.07) is 1.47. The van der Waals surface area contributed by atoms with Crippen LogP contribution in [0.2, 0.25) is 0 Å². The Hall–Kier alpha value is -0.120. The highest BCUT2D eigenvalue weighted by Crippen LogP contribution is 2.13. The third-order valence-corrected chi connectivity index (χ3v) is 3.83. The van der Waals surface area contributed by atoms with Crippen molar-refractivity contribution in [2.45, 2.75) is 51.6 Å². The minimum atomic E-state index is 0.683. The van der Waals surface area contributed by atoms with Crippen LogP contribution in [0.15, 0.2) is 0 Å². The quantitative estimate of drug-likeness (QED) is 0.699. The van der Waals surface area contributed by atoms with Crippen LogP contribution >= 0.6 is 0 Å². The fraction of sp³-hybridized carbons (Fsp3) is 1.00.